The number of hydrogen-bond acceptors (Lipinski definition) is 6. The maximum absolute atomic E-state index is 12.9. The quantitative estimate of drug-likeness (QED) is 0.761. The van der Waals surface area contributed by atoms with E-state index in [9.17, 15) is 13.6 Å². The van der Waals surface area contributed by atoms with E-state index < -0.39 is 12.2 Å². The van der Waals surface area contributed by atoms with E-state index in [0.717, 1.165) is 17.7 Å². The molecule has 1 aromatic heterocycles. The van der Waals surface area contributed by atoms with Crippen molar-refractivity contribution in [3.8, 4) is 5.75 Å². The van der Waals surface area contributed by atoms with Crippen molar-refractivity contribution in [2.75, 3.05) is 38.7 Å². The number of aromatic nitrogens is 2. The minimum atomic E-state index is -2.89. The third kappa shape index (κ3) is 3.94. The number of halogens is 2. The van der Waals surface area contributed by atoms with Gasteiger partial charge in [0.2, 0.25) is 5.95 Å². The van der Waals surface area contributed by atoms with Gasteiger partial charge in [0.05, 0.1) is 12.3 Å². The zero-order valence-electron chi connectivity index (χ0n) is 17.0. The molecule has 2 aliphatic rings. The van der Waals surface area contributed by atoms with Gasteiger partial charge in [0.25, 0.3) is 5.91 Å². The van der Waals surface area contributed by atoms with Crippen molar-refractivity contribution in [1.29, 1.82) is 0 Å². The normalized spacial score (nSPS) is 17.7. The molecular formula is C21H24F2N4O3. The number of anilines is 1. The zero-order chi connectivity index (χ0) is 21.3. The number of likely N-dealkylation sites (tertiary alicyclic amines) is 1. The first-order valence-electron chi connectivity index (χ1n) is 9.90. The fourth-order valence-corrected chi connectivity index (χ4v) is 4.03. The lowest BCUT2D eigenvalue weighted by Crippen LogP contribution is -2.49. The molecular weight excluding hydrogens is 394 g/mol. The van der Waals surface area contributed by atoms with Crippen molar-refractivity contribution in [1.82, 2.24) is 14.9 Å². The van der Waals surface area contributed by atoms with Crippen LogP contribution in [0.2, 0.25) is 0 Å². The van der Waals surface area contributed by atoms with E-state index in [2.05, 4.69) is 9.72 Å². The predicted octanol–water partition coefficient (Wildman–Crippen LogP) is 2.85. The first kappa shape index (κ1) is 20.5. The lowest BCUT2D eigenvalue weighted by Gasteiger charge is -2.44. The van der Waals surface area contributed by atoms with Crippen LogP contribution in [-0.4, -0.2) is 61.2 Å². The molecule has 30 heavy (non-hydrogen) atoms. The Morgan fingerprint density at radius 2 is 1.93 bits per heavy atom. The Labute approximate surface area is 173 Å². The molecule has 0 unspecified atom stereocenters. The summed E-state index contributed by atoms with van der Waals surface area (Å²) >= 11 is 0. The Bertz CT molecular complexity index is 913. The van der Waals surface area contributed by atoms with Gasteiger partial charge in [-0.25, -0.2) is 9.97 Å². The average molecular weight is 418 g/mol. The fourth-order valence-electron chi connectivity index (χ4n) is 4.03. The van der Waals surface area contributed by atoms with Gasteiger partial charge < -0.3 is 19.3 Å². The highest BCUT2D eigenvalue weighted by Gasteiger charge is 2.43. The molecule has 0 aliphatic carbocycles. The van der Waals surface area contributed by atoms with E-state index in [4.69, 9.17) is 9.72 Å². The van der Waals surface area contributed by atoms with Crippen LogP contribution in [0.15, 0.2) is 30.5 Å². The van der Waals surface area contributed by atoms with Gasteiger partial charge in [-0.2, -0.15) is 8.78 Å². The molecule has 2 aromatic rings. The summed E-state index contributed by atoms with van der Waals surface area (Å²) in [6.45, 7) is -1.24. The van der Waals surface area contributed by atoms with Crippen LogP contribution < -0.4 is 9.64 Å². The molecule has 3 heterocycles. The molecule has 1 amide bonds. The Kier molecular flexibility index (Phi) is 5.55. The van der Waals surface area contributed by atoms with Gasteiger partial charge in [0.1, 0.15) is 11.4 Å². The Morgan fingerprint density at radius 1 is 1.23 bits per heavy atom. The van der Waals surface area contributed by atoms with E-state index >= 15 is 0 Å². The van der Waals surface area contributed by atoms with Crippen molar-refractivity contribution in [2.24, 2.45) is 0 Å². The van der Waals surface area contributed by atoms with Crippen LogP contribution in [0.4, 0.5) is 14.7 Å². The molecule has 0 radical (unpaired) electrons. The van der Waals surface area contributed by atoms with Crippen molar-refractivity contribution >= 4 is 11.9 Å². The van der Waals surface area contributed by atoms with Crippen LogP contribution in [0, 0.1) is 0 Å². The number of nitrogens with zero attached hydrogens (tertiary/aromatic N) is 4. The number of alkyl halides is 2. The van der Waals surface area contributed by atoms with Crippen molar-refractivity contribution < 1.29 is 23.0 Å². The molecule has 1 fully saturated rings. The van der Waals surface area contributed by atoms with Crippen LogP contribution in [-0.2, 0) is 16.8 Å². The number of benzene rings is 1. The Balaban J connectivity index is 1.48. The smallest absolute Gasteiger partial charge is 0.387 e. The number of carbonyl (C=O) groups is 1. The molecule has 2 aliphatic heterocycles. The second-order valence-electron chi connectivity index (χ2n) is 7.73. The molecule has 1 aromatic carbocycles. The van der Waals surface area contributed by atoms with Crippen LogP contribution in [0.5, 0.6) is 5.75 Å². The molecule has 0 saturated carbocycles. The van der Waals surface area contributed by atoms with Crippen molar-refractivity contribution in [3.63, 3.8) is 0 Å². The number of rotatable bonds is 4. The lowest BCUT2D eigenvalue weighted by molar-refractivity contribution is -0.0967. The van der Waals surface area contributed by atoms with E-state index in [1.807, 2.05) is 25.2 Å². The van der Waals surface area contributed by atoms with Crippen LogP contribution in [0.3, 0.4) is 0 Å². The van der Waals surface area contributed by atoms with Gasteiger partial charge >= 0.3 is 6.61 Å². The topological polar surface area (TPSA) is 67.8 Å². The van der Waals surface area contributed by atoms with Gasteiger partial charge in [0, 0.05) is 38.9 Å². The summed E-state index contributed by atoms with van der Waals surface area (Å²) in [7, 11) is 3.80. The van der Waals surface area contributed by atoms with E-state index in [1.165, 1.54) is 24.3 Å². The molecule has 0 N–H and O–H groups in total. The fraction of sp³-hybridized carbons (Fsp3) is 0.476. The summed E-state index contributed by atoms with van der Waals surface area (Å²) < 4.78 is 35.2. The summed E-state index contributed by atoms with van der Waals surface area (Å²) in [5.74, 6) is 0.534. The standard InChI is InChI=1S/C21H24F2N4O3/c1-26(2)20-24-13-15-7-12-29-21(17(15)25-20)8-10-27(11-9-21)18(28)14-3-5-16(6-4-14)30-19(22)23/h3-6,13,19H,7-12H2,1-2H3. The summed E-state index contributed by atoms with van der Waals surface area (Å²) in [5.41, 5.74) is 1.96. The summed E-state index contributed by atoms with van der Waals surface area (Å²) in [6.07, 6.45) is 3.94. The van der Waals surface area contributed by atoms with E-state index in [-0.39, 0.29) is 11.7 Å². The average Bonchev–Trinajstić information content (AvgIpc) is 2.74. The molecule has 9 heteroatoms. The highest BCUT2D eigenvalue weighted by atomic mass is 19.3. The predicted molar refractivity (Wildman–Crippen MR) is 106 cm³/mol. The number of amides is 1. The maximum Gasteiger partial charge on any atom is 0.387 e. The minimum Gasteiger partial charge on any atom is -0.435 e. The van der Waals surface area contributed by atoms with Crippen LogP contribution in [0.25, 0.3) is 0 Å². The summed E-state index contributed by atoms with van der Waals surface area (Å²) in [4.78, 5) is 25.7. The summed E-state index contributed by atoms with van der Waals surface area (Å²) in [6, 6.07) is 5.77. The van der Waals surface area contributed by atoms with Crippen LogP contribution in [0.1, 0.15) is 34.5 Å². The first-order chi connectivity index (χ1) is 14.4. The van der Waals surface area contributed by atoms with E-state index in [0.29, 0.717) is 44.0 Å². The van der Waals surface area contributed by atoms with Crippen LogP contribution >= 0.6 is 0 Å². The molecule has 1 spiro atoms. The highest BCUT2D eigenvalue weighted by Crippen LogP contribution is 2.41. The zero-order valence-corrected chi connectivity index (χ0v) is 17.0. The Morgan fingerprint density at radius 3 is 2.57 bits per heavy atom. The SMILES string of the molecule is CN(C)c1ncc2c(n1)C1(CCN(C(=O)c3ccc(OC(F)F)cc3)CC1)OCC2. The molecule has 7 nitrogen and oxygen atoms in total. The third-order valence-corrected chi connectivity index (χ3v) is 5.62. The number of hydrogen-bond donors (Lipinski definition) is 0. The first-order valence-corrected chi connectivity index (χ1v) is 9.90. The van der Waals surface area contributed by atoms with Crippen molar-refractivity contribution in [3.05, 3.63) is 47.3 Å². The molecule has 1 saturated heterocycles. The lowest BCUT2D eigenvalue weighted by atomic mass is 9.83. The van der Waals surface area contributed by atoms with Crippen molar-refractivity contribution in [2.45, 2.75) is 31.5 Å². The molecule has 0 atom stereocenters. The number of carbonyl (C=O) groups excluding carboxylic acids is 1. The molecule has 4 rings (SSSR count). The monoisotopic (exact) mass is 418 g/mol. The second kappa shape index (κ2) is 8.14. The number of ether oxygens (including phenoxy) is 2. The van der Waals surface area contributed by atoms with Gasteiger partial charge in [-0.1, -0.05) is 0 Å². The molecule has 0 bridgehead atoms. The summed E-state index contributed by atoms with van der Waals surface area (Å²) in [5, 5.41) is 0. The Hall–Kier alpha value is -2.81. The largest absolute Gasteiger partial charge is 0.435 e. The van der Waals surface area contributed by atoms with Gasteiger partial charge in [-0.15, -0.1) is 0 Å². The van der Waals surface area contributed by atoms with E-state index in [1.54, 1.807) is 4.90 Å². The number of fused-ring (bicyclic) bond motifs is 2. The van der Waals surface area contributed by atoms with Gasteiger partial charge in [-0.05, 0) is 49.1 Å². The second-order valence-corrected chi connectivity index (χ2v) is 7.73. The number of piperidine rings is 1. The highest BCUT2D eigenvalue weighted by molar-refractivity contribution is 5.94. The van der Waals surface area contributed by atoms with Gasteiger partial charge in [-0.3, -0.25) is 4.79 Å². The van der Waals surface area contributed by atoms with Gasteiger partial charge in [0.15, 0.2) is 0 Å². The maximum atomic E-state index is 12.9. The molecule has 160 valence electrons. The minimum absolute atomic E-state index is 0.0303. The third-order valence-electron chi connectivity index (χ3n) is 5.62.